The smallest absolute Gasteiger partial charge is 0.307 e. The topological polar surface area (TPSA) is 62.3 Å². The second-order valence-electron chi connectivity index (χ2n) is 9.97. The minimum atomic E-state index is -0.202. The first-order valence-electron chi connectivity index (χ1n) is 14.1. The molecule has 0 bridgehead atoms. The van der Waals surface area contributed by atoms with Gasteiger partial charge in [0.25, 0.3) is 0 Å². The van der Waals surface area contributed by atoms with Crippen LogP contribution in [0.1, 0.15) is 51.0 Å². The molecule has 0 saturated carbocycles. The van der Waals surface area contributed by atoms with Crippen LogP contribution in [0.4, 0.5) is 11.4 Å². The van der Waals surface area contributed by atoms with E-state index >= 15 is 0 Å². The number of nitrogens with zero attached hydrogens (tertiary/aromatic N) is 3. The Kier molecular flexibility index (Phi) is 13.6. The molecule has 40 heavy (non-hydrogen) atoms. The number of esters is 1. The second-order valence-corrected chi connectivity index (χ2v) is 10.8. The molecule has 1 aliphatic rings. The van der Waals surface area contributed by atoms with Crippen molar-refractivity contribution in [3.05, 3.63) is 58.1 Å². The van der Waals surface area contributed by atoms with Gasteiger partial charge in [0, 0.05) is 45.7 Å². The maximum atomic E-state index is 12.1. The van der Waals surface area contributed by atoms with Gasteiger partial charge >= 0.3 is 5.97 Å². The number of hydrogen-bond acceptors (Lipinski definition) is 7. The molecule has 2 aromatic carbocycles. The minimum Gasteiger partial charge on any atom is -0.494 e. The summed E-state index contributed by atoms with van der Waals surface area (Å²) >= 11 is 12.6. The van der Waals surface area contributed by atoms with Crippen LogP contribution in [0.3, 0.4) is 0 Å². The van der Waals surface area contributed by atoms with E-state index in [0.29, 0.717) is 23.1 Å². The van der Waals surface area contributed by atoms with E-state index in [-0.39, 0.29) is 12.7 Å². The fraction of sp³-hybridized carbons (Fsp3) is 0.484. The van der Waals surface area contributed by atoms with E-state index in [0.717, 1.165) is 93.8 Å². The number of benzene rings is 2. The minimum absolute atomic E-state index is 0.132. The molecule has 0 amide bonds. The summed E-state index contributed by atoms with van der Waals surface area (Å²) in [6.45, 7) is 7.68. The van der Waals surface area contributed by atoms with Gasteiger partial charge in [-0.1, -0.05) is 49.0 Å². The van der Waals surface area contributed by atoms with Crippen molar-refractivity contribution >= 4 is 52.9 Å². The number of hydrogen-bond donors (Lipinski definition) is 0. The third-order valence-electron chi connectivity index (χ3n) is 6.95. The van der Waals surface area contributed by atoms with Crippen LogP contribution in [0, 0.1) is 0 Å². The van der Waals surface area contributed by atoms with E-state index in [1.807, 2.05) is 48.3 Å². The molecule has 2 aromatic rings. The highest BCUT2D eigenvalue weighted by Gasteiger charge is 2.19. The van der Waals surface area contributed by atoms with Crippen molar-refractivity contribution < 1.29 is 19.1 Å². The fourth-order valence-corrected chi connectivity index (χ4v) is 5.05. The molecule has 0 aliphatic carbocycles. The zero-order valence-electron chi connectivity index (χ0n) is 23.6. The van der Waals surface area contributed by atoms with Crippen molar-refractivity contribution in [1.82, 2.24) is 4.90 Å². The van der Waals surface area contributed by atoms with Gasteiger partial charge in [-0.05, 0) is 67.8 Å². The predicted octanol–water partition coefficient (Wildman–Crippen LogP) is 6.70. The summed E-state index contributed by atoms with van der Waals surface area (Å²) in [6.07, 6.45) is 9.25. The van der Waals surface area contributed by atoms with Gasteiger partial charge in [0.15, 0.2) is 6.73 Å². The lowest BCUT2D eigenvalue weighted by molar-refractivity contribution is -0.143. The quantitative estimate of drug-likeness (QED) is 0.0709. The Hall–Kier alpha value is -2.74. The van der Waals surface area contributed by atoms with E-state index in [1.54, 1.807) is 6.08 Å². The molecule has 3 rings (SSSR count). The van der Waals surface area contributed by atoms with Gasteiger partial charge in [-0.2, -0.15) is 0 Å². The van der Waals surface area contributed by atoms with E-state index < -0.39 is 0 Å². The lowest BCUT2D eigenvalue weighted by atomic mass is 10.1. The molecule has 1 aliphatic heterocycles. The van der Waals surface area contributed by atoms with Crippen molar-refractivity contribution in [1.29, 1.82) is 0 Å². The first kappa shape index (κ1) is 31.8. The summed E-state index contributed by atoms with van der Waals surface area (Å²) in [5.41, 5.74) is 2.68. The standard InChI is InChI=1S/C31H41Cl2N3O4/c1-3-4-5-13-30(38)40-24-34(2)29-23-26(15-14-25(29)10-9-21-37)39-22-7-6-16-35-17-19-36(20-18-35)28-12-8-11-27(32)31(28)33/h8-12,14-15,21,23H,3-7,13,16-20,22,24H2,1-2H3/b10-9-. The molecule has 218 valence electrons. The molecule has 9 heteroatoms. The summed E-state index contributed by atoms with van der Waals surface area (Å²) in [5.74, 6) is 0.541. The van der Waals surface area contributed by atoms with E-state index in [2.05, 4.69) is 16.7 Å². The summed E-state index contributed by atoms with van der Waals surface area (Å²) in [5, 5.41) is 1.22. The molecule has 1 fully saturated rings. The first-order chi connectivity index (χ1) is 19.4. The lowest BCUT2D eigenvalue weighted by Gasteiger charge is -2.36. The number of carbonyl (C=O) groups excluding carboxylic acids is 2. The normalized spacial score (nSPS) is 13.9. The van der Waals surface area contributed by atoms with Crippen LogP contribution in [0.25, 0.3) is 6.08 Å². The molecular formula is C31H41Cl2N3O4. The van der Waals surface area contributed by atoms with Gasteiger partial charge in [-0.15, -0.1) is 0 Å². The van der Waals surface area contributed by atoms with Gasteiger partial charge in [0.05, 0.1) is 28.0 Å². The number of anilines is 2. The van der Waals surface area contributed by atoms with Crippen molar-refractivity contribution in [2.45, 2.75) is 45.4 Å². The lowest BCUT2D eigenvalue weighted by Crippen LogP contribution is -2.46. The molecule has 0 unspecified atom stereocenters. The van der Waals surface area contributed by atoms with Gasteiger partial charge < -0.3 is 19.3 Å². The van der Waals surface area contributed by atoms with Gasteiger partial charge in [0.2, 0.25) is 0 Å². The summed E-state index contributed by atoms with van der Waals surface area (Å²) in [6, 6.07) is 11.5. The number of carbonyl (C=O) groups is 2. The van der Waals surface area contributed by atoms with Crippen molar-refractivity contribution in [3.8, 4) is 5.75 Å². The molecule has 1 heterocycles. The Morgan fingerprint density at radius 1 is 1.05 bits per heavy atom. The Balaban J connectivity index is 1.43. The Labute approximate surface area is 248 Å². The van der Waals surface area contributed by atoms with Crippen LogP contribution in [0.2, 0.25) is 10.0 Å². The average molecular weight is 591 g/mol. The van der Waals surface area contributed by atoms with Crippen molar-refractivity contribution in [3.63, 3.8) is 0 Å². The number of piperazine rings is 1. The monoisotopic (exact) mass is 589 g/mol. The first-order valence-corrected chi connectivity index (χ1v) is 14.8. The maximum Gasteiger partial charge on any atom is 0.307 e. The van der Waals surface area contributed by atoms with E-state index in [4.69, 9.17) is 32.7 Å². The van der Waals surface area contributed by atoms with Crippen molar-refractivity contribution in [2.24, 2.45) is 0 Å². The zero-order valence-corrected chi connectivity index (χ0v) is 25.1. The van der Waals surface area contributed by atoms with Crippen LogP contribution in [0.15, 0.2) is 42.5 Å². The molecule has 0 radical (unpaired) electrons. The largest absolute Gasteiger partial charge is 0.494 e. The van der Waals surface area contributed by atoms with Gasteiger partial charge in [0.1, 0.15) is 12.0 Å². The third-order valence-corrected chi connectivity index (χ3v) is 7.76. The molecule has 0 N–H and O–H groups in total. The highest BCUT2D eigenvalue weighted by molar-refractivity contribution is 6.43. The highest BCUT2D eigenvalue weighted by Crippen LogP contribution is 2.33. The SMILES string of the molecule is CCCCCC(=O)OCN(C)c1cc(OCCCCN2CCN(c3cccc(Cl)c3Cl)CC2)ccc1/C=C\C=O. The van der Waals surface area contributed by atoms with Gasteiger partial charge in [-0.3, -0.25) is 14.5 Å². The molecule has 0 spiro atoms. The maximum absolute atomic E-state index is 12.1. The van der Waals surface area contributed by atoms with Crippen LogP contribution in [-0.4, -0.2) is 70.3 Å². The predicted molar refractivity (Wildman–Crippen MR) is 165 cm³/mol. The Morgan fingerprint density at radius 2 is 1.85 bits per heavy atom. The number of aldehydes is 1. The van der Waals surface area contributed by atoms with E-state index in [9.17, 15) is 9.59 Å². The molecule has 0 atom stereocenters. The summed E-state index contributed by atoms with van der Waals surface area (Å²) in [4.78, 5) is 29.6. The van der Waals surface area contributed by atoms with Crippen LogP contribution >= 0.6 is 23.2 Å². The second kappa shape index (κ2) is 17.2. The highest BCUT2D eigenvalue weighted by atomic mass is 35.5. The summed E-state index contributed by atoms with van der Waals surface area (Å²) in [7, 11) is 1.86. The number of allylic oxidation sites excluding steroid dienone is 1. The Bertz CT molecular complexity index is 1120. The van der Waals surface area contributed by atoms with Crippen LogP contribution in [-0.2, 0) is 14.3 Å². The molecule has 1 saturated heterocycles. The third kappa shape index (κ3) is 10.0. The number of ether oxygens (including phenoxy) is 2. The average Bonchev–Trinajstić information content (AvgIpc) is 2.97. The van der Waals surface area contributed by atoms with E-state index in [1.165, 1.54) is 6.08 Å². The number of unbranched alkanes of at least 4 members (excludes halogenated alkanes) is 3. The number of rotatable bonds is 16. The van der Waals surface area contributed by atoms with Crippen LogP contribution < -0.4 is 14.5 Å². The molecule has 0 aromatic heterocycles. The molecule has 7 nitrogen and oxygen atoms in total. The Morgan fingerprint density at radius 3 is 2.60 bits per heavy atom. The van der Waals surface area contributed by atoms with Crippen molar-refractivity contribution in [2.75, 3.05) is 62.9 Å². The molecular weight excluding hydrogens is 549 g/mol. The van der Waals surface area contributed by atoms with Crippen LogP contribution in [0.5, 0.6) is 5.75 Å². The summed E-state index contributed by atoms with van der Waals surface area (Å²) < 4.78 is 11.5. The zero-order chi connectivity index (χ0) is 28.7. The fourth-order valence-electron chi connectivity index (χ4n) is 4.63. The number of halogens is 2. The van der Waals surface area contributed by atoms with Gasteiger partial charge in [-0.25, -0.2) is 0 Å².